The Bertz CT molecular complexity index is 1320. The van der Waals surface area contributed by atoms with Crippen LogP contribution in [0.15, 0.2) is 52.6 Å². The third kappa shape index (κ3) is 3.94. The van der Waals surface area contributed by atoms with Crippen LogP contribution in [0.2, 0.25) is 0 Å². The van der Waals surface area contributed by atoms with Crippen LogP contribution in [0.25, 0.3) is 16.5 Å². The second-order valence-electron chi connectivity index (χ2n) is 7.55. The Hall–Kier alpha value is -3.72. The third-order valence-electron chi connectivity index (χ3n) is 5.40. The molecule has 0 saturated carbocycles. The van der Waals surface area contributed by atoms with Crippen molar-refractivity contribution in [2.24, 2.45) is 0 Å². The number of H-pyrrole nitrogens is 1. The van der Waals surface area contributed by atoms with Crippen LogP contribution >= 0.6 is 11.3 Å². The van der Waals surface area contributed by atoms with Crippen molar-refractivity contribution in [3.8, 4) is 22.3 Å². The summed E-state index contributed by atoms with van der Waals surface area (Å²) in [5.41, 5.74) is 2.95. The van der Waals surface area contributed by atoms with E-state index in [2.05, 4.69) is 20.4 Å². The Morgan fingerprint density at radius 3 is 2.84 bits per heavy atom. The van der Waals surface area contributed by atoms with Crippen molar-refractivity contribution in [1.29, 1.82) is 0 Å². The molecule has 1 aliphatic carbocycles. The number of hydrogen-bond acceptors (Lipinski definition) is 6. The van der Waals surface area contributed by atoms with Crippen LogP contribution in [0.4, 0.5) is 5.82 Å². The molecule has 3 aromatic heterocycles. The van der Waals surface area contributed by atoms with Gasteiger partial charge in [0.05, 0.1) is 24.1 Å². The maximum absolute atomic E-state index is 12.8. The summed E-state index contributed by atoms with van der Waals surface area (Å²) in [5.74, 6) is 1.29. The largest absolute Gasteiger partial charge is 0.497 e. The van der Waals surface area contributed by atoms with Crippen molar-refractivity contribution in [3.05, 3.63) is 75.0 Å². The Labute approximate surface area is 187 Å². The highest BCUT2D eigenvalue weighted by Crippen LogP contribution is 2.28. The van der Waals surface area contributed by atoms with Gasteiger partial charge >= 0.3 is 0 Å². The summed E-state index contributed by atoms with van der Waals surface area (Å²) >= 11 is 1.55. The lowest BCUT2D eigenvalue weighted by atomic mass is 10.1. The van der Waals surface area contributed by atoms with E-state index < -0.39 is 0 Å². The van der Waals surface area contributed by atoms with Crippen molar-refractivity contribution in [1.82, 2.24) is 19.7 Å². The lowest BCUT2D eigenvalue weighted by molar-refractivity contribution is -0.115. The molecule has 0 atom stereocenters. The molecule has 9 heteroatoms. The molecule has 0 saturated heterocycles. The number of methoxy groups -OCH3 is 1. The van der Waals surface area contributed by atoms with Gasteiger partial charge in [-0.25, -0.2) is 4.98 Å². The van der Waals surface area contributed by atoms with Crippen LogP contribution in [0, 0.1) is 0 Å². The highest BCUT2D eigenvalue weighted by molar-refractivity contribution is 7.13. The first-order chi connectivity index (χ1) is 15.6. The Balaban J connectivity index is 1.47. The number of hydrogen-bond donors (Lipinski definition) is 2. The Morgan fingerprint density at radius 1 is 1.25 bits per heavy atom. The SMILES string of the molecule is COc1ccc(CC(=O)Nc2cc(-c3cccs3)nn2-c2nc3c(c(=O)[nH]2)CCC3)cc1. The van der Waals surface area contributed by atoms with Crippen molar-refractivity contribution < 1.29 is 9.53 Å². The number of carbonyl (C=O) groups is 1. The van der Waals surface area contributed by atoms with Crippen LogP contribution in [0.3, 0.4) is 0 Å². The van der Waals surface area contributed by atoms with Gasteiger partial charge in [-0.05, 0) is 48.4 Å². The van der Waals surface area contributed by atoms with Gasteiger partial charge in [-0.3, -0.25) is 14.6 Å². The van der Waals surface area contributed by atoms with E-state index in [4.69, 9.17) is 4.74 Å². The van der Waals surface area contributed by atoms with Gasteiger partial charge in [0.2, 0.25) is 11.9 Å². The number of rotatable bonds is 6. The fourth-order valence-electron chi connectivity index (χ4n) is 3.82. The normalized spacial score (nSPS) is 12.5. The molecular weight excluding hydrogens is 426 g/mol. The lowest BCUT2D eigenvalue weighted by Gasteiger charge is -2.09. The van der Waals surface area contributed by atoms with E-state index in [1.54, 1.807) is 24.5 Å². The van der Waals surface area contributed by atoms with Crippen molar-refractivity contribution in [2.75, 3.05) is 12.4 Å². The fourth-order valence-corrected chi connectivity index (χ4v) is 4.50. The molecule has 162 valence electrons. The fraction of sp³-hybridized carbons (Fsp3) is 0.217. The summed E-state index contributed by atoms with van der Waals surface area (Å²) in [6.45, 7) is 0. The van der Waals surface area contributed by atoms with Gasteiger partial charge in [0.15, 0.2) is 0 Å². The minimum Gasteiger partial charge on any atom is -0.497 e. The Kier molecular flexibility index (Phi) is 5.32. The molecule has 0 bridgehead atoms. The predicted molar refractivity (Wildman–Crippen MR) is 123 cm³/mol. The summed E-state index contributed by atoms with van der Waals surface area (Å²) in [5, 5.41) is 9.53. The molecule has 0 fully saturated rings. The lowest BCUT2D eigenvalue weighted by Crippen LogP contribution is -2.21. The van der Waals surface area contributed by atoms with Crippen LogP contribution in [0.1, 0.15) is 23.2 Å². The molecule has 5 rings (SSSR count). The van der Waals surface area contributed by atoms with Crippen molar-refractivity contribution in [2.45, 2.75) is 25.7 Å². The molecule has 2 N–H and O–H groups in total. The number of benzene rings is 1. The van der Waals surface area contributed by atoms with Crippen molar-refractivity contribution >= 4 is 23.1 Å². The maximum atomic E-state index is 12.8. The topological polar surface area (TPSA) is 102 Å². The summed E-state index contributed by atoms with van der Waals surface area (Å²) < 4.78 is 6.67. The molecule has 0 spiro atoms. The number of amides is 1. The van der Waals surface area contributed by atoms with E-state index in [9.17, 15) is 9.59 Å². The maximum Gasteiger partial charge on any atom is 0.255 e. The summed E-state index contributed by atoms with van der Waals surface area (Å²) in [4.78, 5) is 33.8. The zero-order chi connectivity index (χ0) is 22.1. The zero-order valence-electron chi connectivity index (χ0n) is 17.4. The standard InChI is InChI=1S/C23H21N5O3S/c1-31-15-9-7-14(8-10-15)12-21(29)25-20-13-18(19-6-3-11-32-19)27-28(20)23-24-17-5-2-4-16(17)22(30)26-23/h3,6-11,13H,2,4-5,12H2,1H3,(H,25,29)(H,24,26,30). The van der Waals surface area contributed by atoms with E-state index >= 15 is 0 Å². The van der Waals surface area contributed by atoms with Gasteiger partial charge in [0.25, 0.3) is 5.56 Å². The van der Waals surface area contributed by atoms with E-state index in [-0.39, 0.29) is 17.9 Å². The van der Waals surface area contributed by atoms with Gasteiger partial charge in [-0.1, -0.05) is 18.2 Å². The summed E-state index contributed by atoms with van der Waals surface area (Å²) in [7, 11) is 1.60. The van der Waals surface area contributed by atoms with E-state index in [0.29, 0.717) is 17.5 Å². The number of anilines is 1. The van der Waals surface area contributed by atoms with Gasteiger partial charge in [-0.15, -0.1) is 11.3 Å². The molecule has 1 aromatic carbocycles. The van der Waals surface area contributed by atoms with Gasteiger partial charge in [-0.2, -0.15) is 9.78 Å². The number of fused-ring (bicyclic) bond motifs is 1. The number of aromatic nitrogens is 4. The average molecular weight is 448 g/mol. The molecule has 32 heavy (non-hydrogen) atoms. The molecule has 0 aliphatic heterocycles. The first kappa shape index (κ1) is 20.2. The molecule has 0 unspecified atom stereocenters. The first-order valence-electron chi connectivity index (χ1n) is 10.3. The minimum absolute atomic E-state index is 0.147. The van der Waals surface area contributed by atoms with E-state index in [1.165, 1.54) is 4.68 Å². The molecule has 8 nitrogen and oxygen atoms in total. The first-order valence-corrected chi connectivity index (χ1v) is 11.2. The number of nitrogens with zero attached hydrogens (tertiary/aromatic N) is 3. The summed E-state index contributed by atoms with van der Waals surface area (Å²) in [6.07, 6.45) is 2.62. The number of ether oxygens (including phenoxy) is 1. The molecule has 4 aromatic rings. The van der Waals surface area contributed by atoms with Crippen LogP contribution in [-0.2, 0) is 24.1 Å². The zero-order valence-corrected chi connectivity index (χ0v) is 18.2. The summed E-state index contributed by atoms with van der Waals surface area (Å²) in [6, 6.07) is 13.0. The smallest absolute Gasteiger partial charge is 0.255 e. The van der Waals surface area contributed by atoms with E-state index in [0.717, 1.165) is 46.7 Å². The number of aryl methyl sites for hydroxylation is 1. The number of aromatic amines is 1. The highest BCUT2D eigenvalue weighted by Gasteiger charge is 2.21. The molecule has 0 radical (unpaired) electrons. The van der Waals surface area contributed by atoms with Gasteiger partial charge < -0.3 is 10.1 Å². The predicted octanol–water partition coefficient (Wildman–Crippen LogP) is 3.36. The monoisotopic (exact) mass is 447 g/mol. The second-order valence-corrected chi connectivity index (χ2v) is 8.49. The number of nitrogens with one attached hydrogen (secondary N) is 2. The second kappa shape index (κ2) is 8.43. The Morgan fingerprint density at radius 2 is 2.09 bits per heavy atom. The van der Waals surface area contributed by atoms with Crippen molar-refractivity contribution in [3.63, 3.8) is 0 Å². The molecule has 3 heterocycles. The van der Waals surface area contributed by atoms with E-state index in [1.807, 2.05) is 41.8 Å². The highest BCUT2D eigenvalue weighted by atomic mass is 32.1. The van der Waals surface area contributed by atoms with Crippen LogP contribution in [-0.4, -0.2) is 32.8 Å². The van der Waals surface area contributed by atoms with Crippen LogP contribution < -0.4 is 15.6 Å². The van der Waals surface area contributed by atoms with Gasteiger partial charge in [0, 0.05) is 11.6 Å². The molecule has 1 amide bonds. The quantitative estimate of drug-likeness (QED) is 0.472. The minimum atomic E-state index is -0.197. The number of thiophene rings is 1. The average Bonchev–Trinajstić information content (AvgIpc) is 3.54. The third-order valence-corrected chi connectivity index (χ3v) is 6.30. The molecule has 1 aliphatic rings. The van der Waals surface area contributed by atoms with Gasteiger partial charge in [0.1, 0.15) is 17.3 Å². The molecular formula is C23H21N5O3S. The van der Waals surface area contributed by atoms with Crippen LogP contribution in [0.5, 0.6) is 5.75 Å². The number of carbonyl (C=O) groups excluding carboxylic acids is 1.